The first kappa shape index (κ1) is 14.4. The van der Waals surface area contributed by atoms with Crippen molar-refractivity contribution in [3.8, 4) is 0 Å². The van der Waals surface area contributed by atoms with Gasteiger partial charge in [0.15, 0.2) is 0 Å². The Kier molecular flexibility index (Phi) is 4.28. The predicted molar refractivity (Wildman–Crippen MR) is 70.0 cm³/mol. The zero-order chi connectivity index (χ0) is 13.9. The van der Waals surface area contributed by atoms with Crippen LogP contribution in [-0.4, -0.2) is 37.4 Å². The monoisotopic (exact) mass is 271 g/mol. The third-order valence-electron chi connectivity index (χ3n) is 2.25. The number of aromatic nitrogens is 1. The number of nitrogens with one attached hydrogen (secondary N) is 1. The molecular weight excluding hydrogens is 254 g/mol. The minimum Gasteiger partial charge on any atom is -0.398 e. The largest absolute Gasteiger partial charge is 0.398 e. The first-order chi connectivity index (χ1) is 8.19. The van der Waals surface area contributed by atoms with Gasteiger partial charge in [-0.15, -0.1) is 0 Å². The summed E-state index contributed by atoms with van der Waals surface area (Å²) >= 11 is 0. The molecule has 0 aromatic carbocycles. The van der Waals surface area contributed by atoms with Gasteiger partial charge in [0.1, 0.15) is 9.84 Å². The molecule has 1 amide bonds. The standard InChI is InChI=1S/C11H17N3O3S/c1-7-4-10(12)9(5-13-7)11(15)14-8(2)6-18(3,16)17/h4-5,8H,6H2,1-3H3,(H2,12,13)(H,14,15). The normalized spacial score (nSPS) is 13.1. The van der Waals surface area contributed by atoms with Crippen molar-refractivity contribution < 1.29 is 13.2 Å². The average Bonchev–Trinajstić information content (AvgIpc) is 2.13. The van der Waals surface area contributed by atoms with E-state index in [-0.39, 0.29) is 11.3 Å². The lowest BCUT2D eigenvalue weighted by Crippen LogP contribution is -2.37. The number of nitrogen functional groups attached to an aromatic ring is 1. The zero-order valence-corrected chi connectivity index (χ0v) is 11.4. The Morgan fingerprint density at radius 1 is 1.56 bits per heavy atom. The Morgan fingerprint density at radius 2 is 2.17 bits per heavy atom. The van der Waals surface area contributed by atoms with Gasteiger partial charge in [0.25, 0.3) is 5.91 Å². The summed E-state index contributed by atoms with van der Waals surface area (Å²) in [5.74, 6) is -0.533. The van der Waals surface area contributed by atoms with E-state index in [0.717, 1.165) is 6.26 Å². The van der Waals surface area contributed by atoms with E-state index in [1.54, 1.807) is 19.9 Å². The summed E-state index contributed by atoms with van der Waals surface area (Å²) in [5, 5.41) is 2.57. The minimum absolute atomic E-state index is 0.113. The van der Waals surface area contributed by atoms with Crippen molar-refractivity contribution in [3.63, 3.8) is 0 Å². The summed E-state index contributed by atoms with van der Waals surface area (Å²) in [4.78, 5) is 15.8. The van der Waals surface area contributed by atoms with Gasteiger partial charge < -0.3 is 11.1 Å². The van der Waals surface area contributed by atoms with Crippen molar-refractivity contribution >= 4 is 21.4 Å². The smallest absolute Gasteiger partial charge is 0.255 e. The van der Waals surface area contributed by atoms with Gasteiger partial charge in [-0.05, 0) is 19.9 Å². The van der Waals surface area contributed by atoms with Crippen LogP contribution < -0.4 is 11.1 Å². The van der Waals surface area contributed by atoms with Crippen LogP contribution in [0.4, 0.5) is 5.69 Å². The highest BCUT2D eigenvalue weighted by molar-refractivity contribution is 7.90. The first-order valence-corrected chi connectivity index (χ1v) is 7.46. The summed E-state index contributed by atoms with van der Waals surface area (Å²) < 4.78 is 22.2. The van der Waals surface area contributed by atoms with Gasteiger partial charge in [-0.2, -0.15) is 0 Å². The number of hydrogen-bond acceptors (Lipinski definition) is 5. The fourth-order valence-corrected chi connectivity index (χ4v) is 2.56. The maximum atomic E-state index is 11.8. The molecule has 6 nitrogen and oxygen atoms in total. The molecule has 0 spiro atoms. The summed E-state index contributed by atoms with van der Waals surface area (Å²) in [6, 6.07) is 1.11. The van der Waals surface area contributed by atoms with Crippen molar-refractivity contribution in [2.24, 2.45) is 0 Å². The van der Waals surface area contributed by atoms with Gasteiger partial charge in [0, 0.05) is 29.9 Å². The lowest BCUT2D eigenvalue weighted by Gasteiger charge is -2.13. The number of carbonyl (C=O) groups excluding carboxylic acids is 1. The molecule has 1 aromatic rings. The molecule has 0 saturated carbocycles. The number of rotatable bonds is 4. The number of amides is 1. The van der Waals surface area contributed by atoms with Crippen LogP contribution in [0, 0.1) is 6.92 Å². The molecule has 18 heavy (non-hydrogen) atoms. The maximum absolute atomic E-state index is 11.8. The van der Waals surface area contributed by atoms with Crippen LogP contribution in [0.3, 0.4) is 0 Å². The maximum Gasteiger partial charge on any atom is 0.255 e. The molecule has 1 aromatic heterocycles. The topological polar surface area (TPSA) is 102 Å². The molecule has 1 unspecified atom stereocenters. The Labute approximate surface area is 107 Å². The molecule has 0 aliphatic carbocycles. The molecule has 0 bridgehead atoms. The highest BCUT2D eigenvalue weighted by Crippen LogP contribution is 2.11. The van der Waals surface area contributed by atoms with Gasteiger partial charge >= 0.3 is 0 Å². The first-order valence-electron chi connectivity index (χ1n) is 5.40. The van der Waals surface area contributed by atoms with Gasteiger partial charge in [0.2, 0.25) is 0 Å². The van der Waals surface area contributed by atoms with Crippen LogP contribution in [0.25, 0.3) is 0 Å². The molecule has 1 heterocycles. The molecule has 0 aliphatic rings. The Balaban J connectivity index is 2.77. The number of sulfone groups is 1. The summed E-state index contributed by atoms with van der Waals surface area (Å²) in [7, 11) is -3.13. The van der Waals surface area contributed by atoms with Crippen molar-refractivity contribution in [3.05, 3.63) is 23.5 Å². The van der Waals surface area contributed by atoms with Gasteiger partial charge in [-0.3, -0.25) is 9.78 Å². The molecule has 1 atom stereocenters. The van der Waals surface area contributed by atoms with Crippen LogP contribution >= 0.6 is 0 Å². The predicted octanol–water partition coefficient (Wildman–Crippen LogP) is 0.135. The van der Waals surface area contributed by atoms with Crippen molar-refractivity contribution in [2.75, 3.05) is 17.7 Å². The quantitative estimate of drug-likeness (QED) is 0.810. The molecule has 0 radical (unpaired) electrons. The van der Waals surface area contributed by atoms with Crippen molar-refractivity contribution in [2.45, 2.75) is 19.9 Å². The number of nitrogens with zero attached hydrogens (tertiary/aromatic N) is 1. The van der Waals surface area contributed by atoms with Crippen LogP contribution in [0.1, 0.15) is 23.0 Å². The van der Waals surface area contributed by atoms with E-state index >= 15 is 0 Å². The summed E-state index contributed by atoms with van der Waals surface area (Å²) in [6.07, 6.45) is 2.50. The molecule has 3 N–H and O–H groups in total. The van der Waals surface area contributed by atoms with Crippen molar-refractivity contribution in [1.82, 2.24) is 10.3 Å². The summed E-state index contributed by atoms with van der Waals surface area (Å²) in [6.45, 7) is 3.39. The van der Waals surface area contributed by atoms with Crippen LogP contribution in [0.2, 0.25) is 0 Å². The Hall–Kier alpha value is -1.63. The molecule has 0 aliphatic heterocycles. The number of anilines is 1. The van der Waals surface area contributed by atoms with Gasteiger partial charge in [-0.1, -0.05) is 0 Å². The molecule has 1 rings (SSSR count). The average molecular weight is 271 g/mol. The molecule has 0 fully saturated rings. The second-order valence-electron chi connectivity index (χ2n) is 4.38. The fourth-order valence-electron chi connectivity index (χ4n) is 1.57. The van der Waals surface area contributed by atoms with Crippen LogP contribution in [-0.2, 0) is 9.84 Å². The zero-order valence-electron chi connectivity index (χ0n) is 10.6. The third-order valence-corrected chi connectivity index (χ3v) is 3.35. The van der Waals surface area contributed by atoms with Gasteiger partial charge in [0.05, 0.1) is 11.3 Å². The highest BCUT2D eigenvalue weighted by Gasteiger charge is 2.16. The lowest BCUT2D eigenvalue weighted by molar-refractivity contribution is 0.0944. The van der Waals surface area contributed by atoms with E-state index in [2.05, 4.69) is 10.3 Å². The van der Waals surface area contributed by atoms with Crippen LogP contribution in [0.15, 0.2) is 12.3 Å². The van der Waals surface area contributed by atoms with E-state index in [4.69, 9.17) is 5.73 Å². The molecule has 0 saturated heterocycles. The van der Waals surface area contributed by atoms with E-state index in [0.29, 0.717) is 11.4 Å². The highest BCUT2D eigenvalue weighted by atomic mass is 32.2. The van der Waals surface area contributed by atoms with E-state index in [9.17, 15) is 13.2 Å². The minimum atomic E-state index is -3.13. The van der Waals surface area contributed by atoms with Crippen molar-refractivity contribution in [1.29, 1.82) is 0 Å². The number of aryl methyl sites for hydroxylation is 1. The number of carbonyl (C=O) groups is 1. The Morgan fingerprint density at radius 3 is 2.67 bits per heavy atom. The Bertz CT molecular complexity index is 555. The molecular formula is C11H17N3O3S. The molecule has 100 valence electrons. The SMILES string of the molecule is Cc1cc(N)c(C(=O)NC(C)CS(C)(=O)=O)cn1. The fraction of sp³-hybridized carbons (Fsp3) is 0.455. The lowest BCUT2D eigenvalue weighted by atomic mass is 10.2. The van der Waals surface area contributed by atoms with E-state index < -0.39 is 21.8 Å². The second-order valence-corrected chi connectivity index (χ2v) is 6.56. The van der Waals surface area contributed by atoms with Crippen LogP contribution in [0.5, 0.6) is 0 Å². The molecule has 7 heteroatoms. The summed E-state index contributed by atoms with van der Waals surface area (Å²) in [5.41, 5.74) is 7.00. The van der Waals surface area contributed by atoms with Gasteiger partial charge in [-0.25, -0.2) is 8.42 Å². The van der Waals surface area contributed by atoms with E-state index in [1.807, 2.05) is 0 Å². The number of pyridine rings is 1. The number of nitrogens with two attached hydrogens (primary N) is 1. The number of hydrogen-bond donors (Lipinski definition) is 2. The second kappa shape index (κ2) is 5.34. The van der Waals surface area contributed by atoms with E-state index in [1.165, 1.54) is 6.20 Å². The third kappa shape index (κ3) is 4.33.